The predicted octanol–water partition coefficient (Wildman–Crippen LogP) is 5.00. The standard InChI is InChI=1S/C15H12ClF3N2O2/c1-8(9-2-5-14(21(22)23)13(20)6-9)11-4-3-10(16)7-12(11)15(17,18)19/h2-8H,20H2,1H3/t8-/m1/s1. The van der Waals surface area contributed by atoms with Crippen LogP contribution in [0.15, 0.2) is 36.4 Å². The molecular weight excluding hydrogens is 333 g/mol. The molecule has 0 aliphatic rings. The van der Waals surface area contributed by atoms with Crippen molar-refractivity contribution in [3.63, 3.8) is 0 Å². The number of alkyl halides is 3. The number of halogens is 4. The van der Waals surface area contributed by atoms with E-state index < -0.39 is 22.6 Å². The van der Waals surface area contributed by atoms with Gasteiger partial charge < -0.3 is 5.73 Å². The van der Waals surface area contributed by atoms with Crippen molar-refractivity contribution in [3.05, 3.63) is 68.2 Å². The summed E-state index contributed by atoms with van der Waals surface area (Å²) in [6.07, 6.45) is -4.55. The van der Waals surface area contributed by atoms with Gasteiger partial charge in [-0.1, -0.05) is 30.7 Å². The highest BCUT2D eigenvalue weighted by Gasteiger charge is 2.35. The van der Waals surface area contributed by atoms with E-state index in [0.29, 0.717) is 5.56 Å². The topological polar surface area (TPSA) is 69.2 Å². The van der Waals surface area contributed by atoms with Crippen molar-refractivity contribution in [3.8, 4) is 0 Å². The zero-order valence-corrected chi connectivity index (χ0v) is 12.7. The number of rotatable bonds is 3. The van der Waals surface area contributed by atoms with Crippen molar-refractivity contribution in [2.75, 3.05) is 5.73 Å². The molecule has 0 amide bonds. The highest BCUT2D eigenvalue weighted by atomic mass is 35.5. The van der Waals surface area contributed by atoms with Gasteiger partial charge in [0.15, 0.2) is 0 Å². The number of hydrogen-bond acceptors (Lipinski definition) is 3. The molecule has 2 N–H and O–H groups in total. The summed E-state index contributed by atoms with van der Waals surface area (Å²) in [7, 11) is 0. The maximum Gasteiger partial charge on any atom is 0.416 e. The average Bonchev–Trinajstić information content (AvgIpc) is 2.45. The van der Waals surface area contributed by atoms with E-state index in [1.165, 1.54) is 30.3 Å². The molecule has 0 fully saturated rings. The Morgan fingerprint density at radius 1 is 1.22 bits per heavy atom. The van der Waals surface area contributed by atoms with Crippen molar-refractivity contribution in [1.29, 1.82) is 0 Å². The van der Waals surface area contributed by atoms with Crippen LogP contribution >= 0.6 is 11.6 Å². The molecule has 1 atom stereocenters. The summed E-state index contributed by atoms with van der Waals surface area (Å²) in [5.41, 5.74) is 4.85. The minimum Gasteiger partial charge on any atom is -0.393 e. The summed E-state index contributed by atoms with van der Waals surface area (Å²) in [4.78, 5) is 10.1. The van der Waals surface area contributed by atoms with Crippen molar-refractivity contribution in [2.24, 2.45) is 0 Å². The largest absolute Gasteiger partial charge is 0.416 e. The first-order valence-electron chi connectivity index (χ1n) is 6.51. The number of anilines is 1. The lowest BCUT2D eigenvalue weighted by molar-refractivity contribution is -0.383. The van der Waals surface area contributed by atoms with Gasteiger partial charge in [0.05, 0.1) is 10.5 Å². The minimum absolute atomic E-state index is 0.0171. The van der Waals surface area contributed by atoms with E-state index in [9.17, 15) is 23.3 Å². The Hall–Kier alpha value is -2.28. The van der Waals surface area contributed by atoms with E-state index in [-0.39, 0.29) is 22.0 Å². The smallest absolute Gasteiger partial charge is 0.393 e. The lowest BCUT2D eigenvalue weighted by Crippen LogP contribution is -2.12. The third kappa shape index (κ3) is 3.56. The van der Waals surface area contributed by atoms with Crippen LogP contribution < -0.4 is 5.73 Å². The zero-order valence-electron chi connectivity index (χ0n) is 11.9. The van der Waals surface area contributed by atoms with Gasteiger partial charge >= 0.3 is 6.18 Å². The third-order valence-electron chi connectivity index (χ3n) is 3.54. The van der Waals surface area contributed by atoms with E-state index >= 15 is 0 Å². The molecule has 0 aliphatic carbocycles. The monoisotopic (exact) mass is 344 g/mol. The van der Waals surface area contributed by atoms with Gasteiger partial charge in [0.1, 0.15) is 5.69 Å². The number of hydrogen-bond donors (Lipinski definition) is 1. The van der Waals surface area contributed by atoms with Gasteiger partial charge in [-0.15, -0.1) is 0 Å². The van der Waals surface area contributed by atoms with Crippen molar-refractivity contribution < 1.29 is 18.1 Å². The summed E-state index contributed by atoms with van der Waals surface area (Å²) in [5.74, 6) is -0.660. The Balaban J connectivity index is 2.51. The number of nitro benzene ring substituents is 1. The van der Waals surface area contributed by atoms with E-state index in [4.69, 9.17) is 17.3 Å². The first-order chi connectivity index (χ1) is 10.6. The molecule has 2 aromatic carbocycles. The number of nitrogen functional groups attached to an aromatic ring is 1. The van der Waals surface area contributed by atoms with Gasteiger partial charge in [0, 0.05) is 17.0 Å². The van der Waals surface area contributed by atoms with Gasteiger partial charge in [0.2, 0.25) is 0 Å². The Morgan fingerprint density at radius 2 is 1.87 bits per heavy atom. The fraction of sp³-hybridized carbons (Fsp3) is 0.200. The van der Waals surface area contributed by atoms with Crippen LogP contribution in [0.1, 0.15) is 29.5 Å². The van der Waals surface area contributed by atoms with Gasteiger partial charge in [-0.2, -0.15) is 13.2 Å². The van der Waals surface area contributed by atoms with Crippen LogP contribution in [0.4, 0.5) is 24.5 Å². The van der Waals surface area contributed by atoms with Gasteiger partial charge in [0.25, 0.3) is 5.69 Å². The fourth-order valence-corrected chi connectivity index (χ4v) is 2.51. The minimum atomic E-state index is -4.55. The molecule has 122 valence electrons. The van der Waals surface area contributed by atoms with E-state index in [1.807, 2.05) is 0 Å². The van der Waals surface area contributed by atoms with Crippen LogP contribution in [-0.4, -0.2) is 4.92 Å². The number of nitro groups is 1. The lowest BCUT2D eigenvalue weighted by atomic mass is 9.89. The summed E-state index contributed by atoms with van der Waals surface area (Å²) in [6, 6.07) is 7.43. The van der Waals surface area contributed by atoms with Gasteiger partial charge in [-0.25, -0.2) is 0 Å². The van der Waals surface area contributed by atoms with Crippen LogP contribution in [-0.2, 0) is 6.18 Å². The van der Waals surface area contributed by atoms with Crippen LogP contribution in [0.25, 0.3) is 0 Å². The summed E-state index contributed by atoms with van der Waals surface area (Å²) >= 11 is 5.66. The van der Waals surface area contributed by atoms with E-state index in [2.05, 4.69) is 0 Å². The van der Waals surface area contributed by atoms with Crippen molar-refractivity contribution >= 4 is 23.0 Å². The highest BCUT2D eigenvalue weighted by Crippen LogP contribution is 2.39. The number of nitrogens with zero attached hydrogens (tertiary/aromatic N) is 1. The molecule has 0 heterocycles. The molecule has 0 aromatic heterocycles. The van der Waals surface area contributed by atoms with Gasteiger partial charge in [-0.05, 0) is 29.3 Å². The maximum atomic E-state index is 13.2. The molecule has 8 heteroatoms. The molecule has 23 heavy (non-hydrogen) atoms. The molecule has 0 spiro atoms. The molecule has 2 rings (SSSR count). The highest BCUT2D eigenvalue weighted by molar-refractivity contribution is 6.30. The molecule has 0 saturated heterocycles. The predicted molar refractivity (Wildman–Crippen MR) is 81.5 cm³/mol. The number of nitrogens with two attached hydrogens (primary N) is 1. The zero-order chi connectivity index (χ0) is 17.4. The SMILES string of the molecule is C[C@H](c1ccc([N+](=O)[O-])c(N)c1)c1ccc(Cl)cc1C(F)(F)F. The quantitative estimate of drug-likeness (QED) is 0.484. The third-order valence-corrected chi connectivity index (χ3v) is 3.77. The first-order valence-corrected chi connectivity index (χ1v) is 6.89. The molecule has 0 saturated carbocycles. The van der Waals surface area contributed by atoms with E-state index in [1.54, 1.807) is 6.92 Å². The molecular formula is C15H12ClF3N2O2. The summed E-state index contributed by atoms with van der Waals surface area (Å²) in [5, 5.41) is 10.7. The maximum absolute atomic E-state index is 13.2. The summed E-state index contributed by atoms with van der Waals surface area (Å²) < 4.78 is 39.5. The number of benzene rings is 2. The fourth-order valence-electron chi connectivity index (χ4n) is 2.34. The Labute approximate surface area is 134 Å². The molecule has 4 nitrogen and oxygen atoms in total. The average molecular weight is 345 g/mol. The van der Waals surface area contributed by atoms with Crippen LogP contribution in [0, 0.1) is 10.1 Å². The molecule has 0 radical (unpaired) electrons. The second kappa shape index (κ2) is 6.08. The molecule has 0 bridgehead atoms. The second-order valence-corrected chi connectivity index (χ2v) is 5.46. The Morgan fingerprint density at radius 3 is 2.39 bits per heavy atom. The van der Waals surface area contributed by atoms with Gasteiger partial charge in [-0.3, -0.25) is 10.1 Å². The second-order valence-electron chi connectivity index (χ2n) is 5.03. The summed E-state index contributed by atoms with van der Waals surface area (Å²) in [6.45, 7) is 1.57. The molecule has 2 aromatic rings. The van der Waals surface area contributed by atoms with Crippen LogP contribution in [0.3, 0.4) is 0 Å². The first kappa shape index (κ1) is 17.1. The van der Waals surface area contributed by atoms with E-state index in [0.717, 1.165) is 6.07 Å². The van der Waals surface area contributed by atoms with Crippen molar-refractivity contribution in [2.45, 2.75) is 19.0 Å². The normalized spacial score (nSPS) is 12.9. The molecule has 0 unspecified atom stereocenters. The lowest BCUT2D eigenvalue weighted by Gasteiger charge is -2.19. The van der Waals surface area contributed by atoms with Crippen LogP contribution in [0.5, 0.6) is 0 Å². The van der Waals surface area contributed by atoms with Crippen LogP contribution in [0.2, 0.25) is 5.02 Å². The Kier molecular flexibility index (Phi) is 4.51. The van der Waals surface area contributed by atoms with Crippen molar-refractivity contribution in [1.82, 2.24) is 0 Å². The Bertz CT molecular complexity index is 763. The molecule has 0 aliphatic heterocycles.